The molecule has 0 radical (unpaired) electrons. The summed E-state index contributed by atoms with van der Waals surface area (Å²) in [5.41, 5.74) is 5.53. The summed E-state index contributed by atoms with van der Waals surface area (Å²) in [5, 5.41) is 4.04. The number of sulfonamides is 1. The van der Waals surface area contributed by atoms with Crippen molar-refractivity contribution in [2.45, 2.75) is 51.9 Å². The number of nitrogens with one attached hydrogen (secondary N) is 1. The van der Waals surface area contributed by atoms with Crippen LogP contribution in [0, 0.1) is 6.92 Å². The maximum atomic E-state index is 13.6. The van der Waals surface area contributed by atoms with Gasteiger partial charge in [-0.15, -0.1) is 0 Å². The van der Waals surface area contributed by atoms with Crippen molar-refractivity contribution in [3.63, 3.8) is 0 Å². The van der Waals surface area contributed by atoms with E-state index >= 15 is 0 Å². The number of benzene rings is 3. The van der Waals surface area contributed by atoms with Crippen LogP contribution < -0.4 is 19.2 Å². The van der Waals surface area contributed by atoms with Crippen LogP contribution in [0.4, 0.5) is 5.69 Å². The Kier molecular flexibility index (Phi) is 10.5. The van der Waals surface area contributed by atoms with Gasteiger partial charge in [-0.05, 0) is 79.8 Å². The predicted molar refractivity (Wildman–Crippen MR) is 155 cm³/mol. The van der Waals surface area contributed by atoms with E-state index < -0.39 is 22.5 Å². The zero-order valence-electron chi connectivity index (χ0n) is 23.2. The van der Waals surface area contributed by atoms with Crippen LogP contribution in [-0.4, -0.2) is 40.3 Å². The van der Waals surface area contributed by atoms with E-state index in [1.54, 1.807) is 54.6 Å². The third-order valence-electron chi connectivity index (χ3n) is 5.88. The molecule has 0 atom stereocenters. The first kappa shape index (κ1) is 29.7. The van der Waals surface area contributed by atoms with Crippen LogP contribution in [0.3, 0.4) is 0 Å². The van der Waals surface area contributed by atoms with Gasteiger partial charge in [-0.1, -0.05) is 50.6 Å². The van der Waals surface area contributed by atoms with Gasteiger partial charge < -0.3 is 9.47 Å². The summed E-state index contributed by atoms with van der Waals surface area (Å²) in [6.45, 7) is 10.5. The number of hydrogen-bond donors (Lipinski definition) is 1. The quantitative estimate of drug-likeness (QED) is 0.219. The fourth-order valence-corrected chi connectivity index (χ4v) is 5.15. The average Bonchev–Trinajstić information content (AvgIpc) is 2.91. The molecule has 1 N–H and O–H groups in total. The second-order valence-corrected chi connectivity index (χ2v) is 11.2. The first-order valence-electron chi connectivity index (χ1n) is 13.1. The molecular formula is C30H37N3O5S. The number of nitrogens with zero attached hydrogens (tertiary/aromatic N) is 2. The lowest BCUT2D eigenvalue weighted by Crippen LogP contribution is -2.39. The van der Waals surface area contributed by atoms with Crippen molar-refractivity contribution in [3.8, 4) is 11.5 Å². The normalized spacial score (nSPS) is 11.5. The molecule has 3 rings (SSSR count). The highest BCUT2D eigenvalue weighted by atomic mass is 32.2. The third-order valence-corrected chi connectivity index (χ3v) is 7.66. The molecule has 0 aromatic heterocycles. The van der Waals surface area contributed by atoms with Crippen molar-refractivity contribution in [2.24, 2.45) is 5.10 Å². The minimum Gasteiger partial charge on any atom is -0.490 e. The fourth-order valence-electron chi connectivity index (χ4n) is 3.73. The number of amides is 1. The van der Waals surface area contributed by atoms with Gasteiger partial charge in [0, 0.05) is 0 Å². The molecule has 0 bridgehead atoms. The summed E-state index contributed by atoms with van der Waals surface area (Å²) in [6, 6.07) is 19.1. The molecule has 0 heterocycles. The molecule has 3 aromatic rings. The summed E-state index contributed by atoms with van der Waals surface area (Å²) >= 11 is 0. The smallest absolute Gasteiger partial charge is 0.264 e. The number of carbonyl (C=O) groups is 1. The minimum atomic E-state index is -4.01. The molecule has 0 aliphatic heterocycles. The highest BCUT2D eigenvalue weighted by Crippen LogP contribution is 2.28. The highest BCUT2D eigenvalue weighted by Gasteiger charge is 2.27. The zero-order chi connectivity index (χ0) is 28.4. The predicted octanol–water partition coefficient (Wildman–Crippen LogP) is 5.65. The van der Waals surface area contributed by atoms with Gasteiger partial charge in [0.05, 0.1) is 30.0 Å². The van der Waals surface area contributed by atoms with E-state index in [1.807, 2.05) is 32.9 Å². The van der Waals surface area contributed by atoms with Gasteiger partial charge in [-0.2, -0.15) is 5.10 Å². The van der Waals surface area contributed by atoms with E-state index in [1.165, 1.54) is 6.21 Å². The number of aryl methyl sites for hydroxylation is 1. The zero-order valence-corrected chi connectivity index (χ0v) is 24.0. The summed E-state index contributed by atoms with van der Waals surface area (Å²) < 4.78 is 39.6. The van der Waals surface area contributed by atoms with Gasteiger partial charge in [-0.3, -0.25) is 9.10 Å². The Hall–Kier alpha value is -3.85. The lowest BCUT2D eigenvalue weighted by Gasteiger charge is -2.24. The average molecular weight is 552 g/mol. The van der Waals surface area contributed by atoms with Gasteiger partial charge >= 0.3 is 0 Å². The number of carbonyl (C=O) groups excluding carboxylic acids is 1. The Morgan fingerprint density at radius 1 is 0.974 bits per heavy atom. The van der Waals surface area contributed by atoms with E-state index in [2.05, 4.69) is 24.4 Å². The van der Waals surface area contributed by atoms with Crippen LogP contribution in [0.15, 0.2) is 76.7 Å². The Morgan fingerprint density at radius 3 is 2.28 bits per heavy atom. The molecule has 208 valence electrons. The van der Waals surface area contributed by atoms with Crippen LogP contribution in [-0.2, 0) is 14.8 Å². The largest absolute Gasteiger partial charge is 0.490 e. The van der Waals surface area contributed by atoms with Crippen molar-refractivity contribution < 1.29 is 22.7 Å². The van der Waals surface area contributed by atoms with Crippen molar-refractivity contribution in [3.05, 3.63) is 83.4 Å². The van der Waals surface area contributed by atoms with Gasteiger partial charge in [0.2, 0.25) is 0 Å². The van der Waals surface area contributed by atoms with E-state index in [0.717, 1.165) is 21.9 Å². The Labute approximate surface area is 231 Å². The lowest BCUT2D eigenvalue weighted by atomic mass is 10.0. The topological polar surface area (TPSA) is 97.3 Å². The maximum Gasteiger partial charge on any atom is 0.264 e. The molecule has 0 saturated carbocycles. The van der Waals surface area contributed by atoms with Gasteiger partial charge in [0.25, 0.3) is 15.9 Å². The number of ether oxygens (including phenoxy) is 2. The maximum absolute atomic E-state index is 13.6. The number of rotatable bonds is 13. The van der Waals surface area contributed by atoms with Crippen LogP contribution in [0.1, 0.15) is 56.7 Å². The van der Waals surface area contributed by atoms with E-state index in [9.17, 15) is 13.2 Å². The summed E-state index contributed by atoms with van der Waals surface area (Å²) in [4.78, 5) is 13.0. The van der Waals surface area contributed by atoms with Gasteiger partial charge in [0.1, 0.15) is 6.54 Å². The van der Waals surface area contributed by atoms with E-state index in [0.29, 0.717) is 36.0 Å². The molecule has 0 unspecified atom stereocenters. The SMILES string of the molecule is CCCOc1ccc(/C=N\NC(=O)CN(c2ccc(C(C)C)cc2)S(=O)(=O)c2ccc(C)cc2)cc1OCC. The monoisotopic (exact) mass is 551 g/mol. The molecule has 3 aromatic carbocycles. The summed E-state index contributed by atoms with van der Waals surface area (Å²) in [6.07, 6.45) is 2.35. The van der Waals surface area contributed by atoms with Crippen molar-refractivity contribution >= 4 is 27.8 Å². The Balaban J connectivity index is 1.81. The standard InChI is InChI=1S/C30H37N3O5S/c1-6-18-38-28-17-10-24(19-29(28)37-7-2)20-31-32-30(34)21-33(26-13-11-25(12-14-26)22(3)4)39(35,36)27-15-8-23(5)9-16-27/h8-17,19-20,22H,6-7,18,21H2,1-5H3,(H,32,34)/b31-20-. The molecule has 0 aliphatic rings. The van der Waals surface area contributed by atoms with Crippen LogP contribution in [0.5, 0.6) is 11.5 Å². The Bertz CT molecular complexity index is 1370. The van der Waals surface area contributed by atoms with Gasteiger partial charge in [0.15, 0.2) is 11.5 Å². The van der Waals surface area contributed by atoms with Crippen LogP contribution in [0.2, 0.25) is 0 Å². The highest BCUT2D eigenvalue weighted by molar-refractivity contribution is 7.92. The second-order valence-electron chi connectivity index (χ2n) is 9.35. The number of hydrazone groups is 1. The van der Waals surface area contributed by atoms with Crippen molar-refractivity contribution in [2.75, 3.05) is 24.1 Å². The van der Waals surface area contributed by atoms with Gasteiger partial charge in [-0.25, -0.2) is 13.8 Å². The van der Waals surface area contributed by atoms with Crippen LogP contribution >= 0.6 is 0 Å². The first-order valence-corrected chi connectivity index (χ1v) is 14.5. The molecule has 0 fully saturated rings. The molecule has 0 aliphatic carbocycles. The van der Waals surface area contributed by atoms with Crippen LogP contribution in [0.25, 0.3) is 0 Å². The molecule has 1 amide bonds. The summed E-state index contributed by atoms with van der Waals surface area (Å²) in [7, 11) is -4.01. The molecule has 0 spiro atoms. The molecule has 39 heavy (non-hydrogen) atoms. The number of anilines is 1. The summed E-state index contributed by atoms with van der Waals surface area (Å²) in [5.74, 6) is 0.930. The lowest BCUT2D eigenvalue weighted by molar-refractivity contribution is -0.119. The Morgan fingerprint density at radius 2 is 1.67 bits per heavy atom. The second kappa shape index (κ2) is 13.8. The first-order chi connectivity index (χ1) is 18.6. The third kappa shape index (κ3) is 8.07. The van der Waals surface area contributed by atoms with E-state index in [4.69, 9.17) is 9.47 Å². The molecular weight excluding hydrogens is 514 g/mol. The van der Waals surface area contributed by atoms with Crippen molar-refractivity contribution in [1.82, 2.24) is 5.43 Å². The van der Waals surface area contributed by atoms with Crippen molar-refractivity contribution in [1.29, 1.82) is 0 Å². The fraction of sp³-hybridized carbons (Fsp3) is 0.333. The van der Waals surface area contributed by atoms with E-state index in [-0.39, 0.29) is 10.8 Å². The molecule has 8 nitrogen and oxygen atoms in total. The molecule has 9 heteroatoms. The number of hydrogen-bond acceptors (Lipinski definition) is 6. The molecule has 0 saturated heterocycles. The minimum absolute atomic E-state index is 0.103.